The molecule has 1 atom stereocenters. The van der Waals surface area contributed by atoms with Crippen LogP contribution < -0.4 is 10.1 Å². The zero-order valence-corrected chi connectivity index (χ0v) is 10.2. The maximum absolute atomic E-state index is 11.4. The standard InChI is InChI=1S/C13H16N2O3/c1-2-11(16)8-15-13(17)9-18-12-6-4-3-5-10(12)7-14/h3-6,11,16H,2,8-9H2,1H3,(H,15,17). The average molecular weight is 248 g/mol. The van der Waals surface area contributed by atoms with Crippen LogP contribution in [0, 0.1) is 11.3 Å². The van der Waals surface area contributed by atoms with Gasteiger partial charge in [-0.1, -0.05) is 19.1 Å². The predicted octanol–water partition coefficient (Wildman–Crippen LogP) is 0.824. The van der Waals surface area contributed by atoms with Crippen LogP contribution in [0.5, 0.6) is 5.75 Å². The van der Waals surface area contributed by atoms with Gasteiger partial charge in [-0.3, -0.25) is 4.79 Å². The first-order valence-electron chi connectivity index (χ1n) is 5.74. The van der Waals surface area contributed by atoms with Gasteiger partial charge in [-0.05, 0) is 18.6 Å². The van der Waals surface area contributed by atoms with Gasteiger partial charge in [0.25, 0.3) is 5.91 Å². The summed E-state index contributed by atoms with van der Waals surface area (Å²) in [5.41, 5.74) is 0.388. The molecule has 96 valence electrons. The molecule has 1 aromatic rings. The van der Waals surface area contributed by atoms with E-state index in [0.717, 1.165) is 0 Å². The van der Waals surface area contributed by atoms with E-state index < -0.39 is 6.10 Å². The van der Waals surface area contributed by atoms with Gasteiger partial charge in [-0.2, -0.15) is 5.26 Å². The lowest BCUT2D eigenvalue weighted by atomic mass is 10.2. The SMILES string of the molecule is CCC(O)CNC(=O)COc1ccccc1C#N. The second kappa shape index (κ2) is 7.30. The first-order valence-corrected chi connectivity index (χ1v) is 5.74. The summed E-state index contributed by atoms with van der Waals surface area (Å²) in [6, 6.07) is 8.69. The Kier molecular flexibility index (Phi) is 5.68. The van der Waals surface area contributed by atoms with Crippen LogP contribution in [0.2, 0.25) is 0 Å². The van der Waals surface area contributed by atoms with Crippen molar-refractivity contribution >= 4 is 5.91 Å². The van der Waals surface area contributed by atoms with Crippen molar-refractivity contribution in [1.82, 2.24) is 5.32 Å². The maximum atomic E-state index is 11.4. The fourth-order valence-electron chi connectivity index (χ4n) is 1.26. The number of para-hydroxylation sites is 1. The van der Waals surface area contributed by atoms with Crippen molar-refractivity contribution in [1.29, 1.82) is 5.26 Å². The van der Waals surface area contributed by atoms with Gasteiger partial charge in [0.15, 0.2) is 6.61 Å². The topological polar surface area (TPSA) is 82.3 Å². The number of nitrogens with zero attached hydrogens (tertiary/aromatic N) is 1. The van der Waals surface area contributed by atoms with Crippen molar-refractivity contribution in [3.63, 3.8) is 0 Å². The van der Waals surface area contributed by atoms with Gasteiger partial charge < -0.3 is 15.2 Å². The number of hydrogen-bond donors (Lipinski definition) is 2. The number of carbonyl (C=O) groups excluding carboxylic acids is 1. The molecule has 0 fully saturated rings. The van der Waals surface area contributed by atoms with E-state index in [9.17, 15) is 9.90 Å². The number of hydrogen-bond acceptors (Lipinski definition) is 4. The molecule has 5 heteroatoms. The molecule has 0 saturated carbocycles. The normalized spacial score (nSPS) is 11.4. The van der Waals surface area contributed by atoms with Crippen LogP contribution in [0.15, 0.2) is 24.3 Å². The minimum atomic E-state index is -0.541. The highest BCUT2D eigenvalue weighted by Crippen LogP contribution is 2.15. The van der Waals surface area contributed by atoms with E-state index in [2.05, 4.69) is 5.32 Å². The molecule has 0 saturated heterocycles. The zero-order chi connectivity index (χ0) is 13.4. The number of aliphatic hydroxyl groups excluding tert-OH is 1. The minimum absolute atomic E-state index is 0.172. The van der Waals surface area contributed by atoms with E-state index in [-0.39, 0.29) is 19.1 Å². The summed E-state index contributed by atoms with van der Waals surface area (Å²) in [4.78, 5) is 11.4. The van der Waals surface area contributed by atoms with Crippen molar-refractivity contribution in [2.24, 2.45) is 0 Å². The van der Waals surface area contributed by atoms with Crippen LogP contribution in [0.25, 0.3) is 0 Å². The molecule has 0 aliphatic rings. The van der Waals surface area contributed by atoms with Gasteiger partial charge in [0.2, 0.25) is 0 Å². The van der Waals surface area contributed by atoms with Crippen molar-refractivity contribution in [3.05, 3.63) is 29.8 Å². The van der Waals surface area contributed by atoms with Gasteiger partial charge in [0.1, 0.15) is 11.8 Å². The Morgan fingerprint density at radius 1 is 1.56 bits per heavy atom. The number of carbonyl (C=O) groups is 1. The van der Waals surface area contributed by atoms with Crippen LogP contribution in [0.4, 0.5) is 0 Å². The van der Waals surface area contributed by atoms with E-state index in [1.165, 1.54) is 0 Å². The summed E-state index contributed by atoms with van der Waals surface area (Å²) in [5.74, 6) is 0.0569. The van der Waals surface area contributed by atoms with E-state index in [1.54, 1.807) is 24.3 Å². The lowest BCUT2D eigenvalue weighted by Gasteiger charge is -2.10. The second-order valence-electron chi connectivity index (χ2n) is 3.76. The van der Waals surface area contributed by atoms with Gasteiger partial charge in [0, 0.05) is 6.54 Å². The van der Waals surface area contributed by atoms with Crippen LogP contribution in [-0.2, 0) is 4.79 Å². The third-order valence-electron chi connectivity index (χ3n) is 2.37. The highest BCUT2D eigenvalue weighted by Gasteiger charge is 2.07. The number of aliphatic hydroxyl groups is 1. The molecule has 5 nitrogen and oxygen atoms in total. The molecule has 2 N–H and O–H groups in total. The third kappa shape index (κ3) is 4.44. The molecule has 1 amide bonds. The summed E-state index contributed by atoms with van der Waals surface area (Å²) in [7, 11) is 0. The van der Waals surface area contributed by atoms with Crippen molar-refractivity contribution in [2.75, 3.05) is 13.2 Å². The van der Waals surface area contributed by atoms with Gasteiger partial charge >= 0.3 is 0 Å². The summed E-state index contributed by atoms with van der Waals surface area (Å²) in [6.45, 7) is 1.87. The molecule has 0 heterocycles. The molecule has 18 heavy (non-hydrogen) atoms. The Morgan fingerprint density at radius 2 is 2.28 bits per heavy atom. The highest BCUT2D eigenvalue weighted by atomic mass is 16.5. The van der Waals surface area contributed by atoms with Crippen molar-refractivity contribution in [3.8, 4) is 11.8 Å². The fourth-order valence-corrected chi connectivity index (χ4v) is 1.26. The van der Waals surface area contributed by atoms with E-state index in [1.807, 2.05) is 13.0 Å². The molecular weight excluding hydrogens is 232 g/mol. The number of amides is 1. The summed E-state index contributed by atoms with van der Waals surface area (Å²) < 4.78 is 5.24. The lowest BCUT2D eigenvalue weighted by Crippen LogP contribution is -2.35. The third-order valence-corrected chi connectivity index (χ3v) is 2.37. The van der Waals surface area contributed by atoms with Gasteiger partial charge in [0.05, 0.1) is 11.7 Å². The largest absolute Gasteiger partial charge is 0.482 e. The Morgan fingerprint density at radius 3 is 2.94 bits per heavy atom. The quantitative estimate of drug-likeness (QED) is 0.781. The number of ether oxygens (including phenoxy) is 1. The molecule has 1 rings (SSSR count). The Labute approximate surface area is 106 Å². The Balaban J connectivity index is 2.41. The molecule has 0 aliphatic carbocycles. The molecule has 1 aromatic carbocycles. The summed E-state index contributed by atoms with van der Waals surface area (Å²) in [6.07, 6.45) is 0.0404. The minimum Gasteiger partial charge on any atom is -0.482 e. The molecule has 0 bridgehead atoms. The van der Waals surface area contributed by atoms with Crippen molar-refractivity contribution in [2.45, 2.75) is 19.4 Å². The average Bonchev–Trinajstić information content (AvgIpc) is 2.42. The van der Waals surface area contributed by atoms with Gasteiger partial charge in [-0.15, -0.1) is 0 Å². The lowest BCUT2D eigenvalue weighted by molar-refractivity contribution is -0.123. The monoisotopic (exact) mass is 248 g/mol. The van der Waals surface area contributed by atoms with Crippen molar-refractivity contribution < 1.29 is 14.6 Å². The molecule has 0 aliphatic heterocycles. The van der Waals surface area contributed by atoms with Crippen LogP contribution in [0.3, 0.4) is 0 Å². The number of nitrogens with one attached hydrogen (secondary N) is 1. The maximum Gasteiger partial charge on any atom is 0.258 e. The van der Waals surface area contributed by atoms with Gasteiger partial charge in [-0.25, -0.2) is 0 Å². The van der Waals surface area contributed by atoms with E-state index in [0.29, 0.717) is 17.7 Å². The molecule has 0 spiro atoms. The highest BCUT2D eigenvalue weighted by molar-refractivity contribution is 5.77. The number of rotatable bonds is 6. The number of benzene rings is 1. The first kappa shape index (κ1) is 14.0. The van der Waals surface area contributed by atoms with E-state index in [4.69, 9.17) is 10.00 Å². The Hall–Kier alpha value is -2.06. The fraction of sp³-hybridized carbons (Fsp3) is 0.385. The van der Waals surface area contributed by atoms with Crippen LogP contribution >= 0.6 is 0 Å². The zero-order valence-electron chi connectivity index (χ0n) is 10.2. The molecular formula is C13H16N2O3. The molecule has 1 unspecified atom stereocenters. The first-order chi connectivity index (χ1) is 8.67. The predicted molar refractivity (Wildman–Crippen MR) is 66.0 cm³/mol. The molecule has 0 aromatic heterocycles. The van der Waals surface area contributed by atoms with Crippen LogP contribution in [-0.4, -0.2) is 30.3 Å². The smallest absolute Gasteiger partial charge is 0.258 e. The Bertz CT molecular complexity index is 440. The van der Waals surface area contributed by atoms with Crippen LogP contribution in [0.1, 0.15) is 18.9 Å². The summed E-state index contributed by atoms with van der Waals surface area (Å²) >= 11 is 0. The summed E-state index contributed by atoms with van der Waals surface area (Å²) in [5, 5.41) is 20.6. The second-order valence-corrected chi connectivity index (χ2v) is 3.76. The van der Waals surface area contributed by atoms with E-state index >= 15 is 0 Å². The number of nitriles is 1. The molecule has 0 radical (unpaired) electrons.